The molecule has 2 aliphatic rings. The summed E-state index contributed by atoms with van der Waals surface area (Å²) in [7, 11) is 0. The lowest BCUT2D eigenvalue weighted by Gasteiger charge is -2.43. The Balaban J connectivity index is 2.26. The summed E-state index contributed by atoms with van der Waals surface area (Å²) in [5.41, 5.74) is -2.94. The highest BCUT2D eigenvalue weighted by Crippen LogP contribution is 2.52. The number of rotatable bonds is 2. The van der Waals surface area contributed by atoms with E-state index in [9.17, 15) is 19.5 Å². The molecule has 0 bridgehead atoms. The second-order valence-corrected chi connectivity index (χ2v) is 6.98. The molecule has 0 aromatic rings. The van der Waals surface area contributed by atoms with Crippen molar-refractivity contribution in [1.82, 2.24) is 4.90 Å². The fourth-order valence-electron chi connectivity index (χ4n) is 3.09. The van der Waals surface area contributed by atoms with Gasteiger partial charge < -0.3 is 9.84 Å². The first-order chi connectivity index (χ1) is 9.59. The Labute approximate surface area is 124 Å². The minimum atomic E-state index is -1.35. The highest BCUT2D eigenvalue weighted by Gasteiger charge is 2.67. The fraction of sp³-hybridized carbons (Fsp3) is 0.800. The average molecular weight is 297 g/mol. The van der Waals surface area contributed by atoms with Crippen LogP contribution in [-0.4, -0.2) is 45.5 Å². The quantitative estimate of drug-likeness (QED) is 0.790. The van der Waals surface area contributed by atoms with Gasteiger partial charge in [-0.15, -0.1) is 0 Å². The zero-order valence-corrected chi connectivity index (χ0v) is 13.1. The van der Waals surface area contributed by atoms with Crippen LogP contribution in [0.15, 0.2) is 0 Å². The number of carbonyl (C=O) groups is 3. The van der Waals surface area contributed by atoms with Crippen LogP contribution in [0.3, 0.4) is 0 Å². The first kappa shape index (κ1) is 15.8. The Morgan fingerprint density at radius 1 is 1.29 bits per heavy atom. The molecular formula is C15H23NO5. The predicted molar refractivity (Wildman–Crippen MR) is 74.9 cm³/mol. The summed E-state index contributed by atoms with van der Waals surface area (Å²) in [6.45, 7) is 7.27. The van der Waals surface area contributed by atoms with Crippen LogP contribution < -0.4 is 0 Å². The number of ether oxygens (including phenoxy) is 1. The summed E-state index contributed by atoms with van der Waals surface area (Å²) in [4.78, 5) is 38.1. The number of Topliss-reactive ketones (excluding diaryl/α,β-unsaturated/α-hetero) is 1. The van der Waals surface area contributed by atoms with Gasteiger partial charge in [0.1, 0.15) is 16.6 Å². The molecule has 118 valence electrons. The Bertz CT molecular complexity index is 489. The second kappa shape index (κ2) is 4.71. The van der Waals surface area contributed by atoms with Crippen LogP contribution in [0.1, 0.15) is 53.4 Å². The molecule has 1 heterocycles. The van der Waals surface area contributed by atoms with Crippen LogP contribution in [0.5, 0.6) is 0 Å². The third-order valence-electron chi connectivity index (χ3n) is 4.49. The third kappa shape index (κ3) is 2.40. The lowest BCUT2D eigenvalue weighted by molar-refractivity contribution is -0.162. The number of hydrogen-bond donors (Lipinski definition) is 1. The van der Waals surface area contributed by atoms with E-state index in [2.05, 4.69) is 0 Å². The summed E-state index contributed by atoms with van der Waals surface area (Å²) < 4.78 is 5.35. The maximum absolute atomic E-state index is 12.8. The normalized spacial score (nSPS) is 27.6. The number of piperidine rings is 1. The zero-order valence-electron chi connectivity index (χ0n) is 13.1. The molecule has 21 heavy (non-hydrogen) atoms. The number of carbonyl (C=O) groups excluding carboxylic acids is 2. The average Bonchev–Trinajstić information content (AvgIpc) is 3.11. The number of carboxylic acid groups (broad SMARTS) is 1. The molecule has 1 N–H and O–H groups in total. The maximum atomic E-state index is 12.8. The molecule has 0 aromatic heterocycles. The third-order valence-corrected chi connectivity index (χ3v) is 4.49. The van der Waals surface area contributed by atoms with Crippen molar-refractivity contribution in [3.63, 3.8) is 0 Å². The molecule has 1 aliphatic heterocycles. The van der Waals surface area contributed by atoms with Crippen LogP contribution >= 0.6 is 0 Å². The van der Waals surface area contributed by atoms with Crippen LogP contribution in [0, 0.1) is 5.41 Å². The minimum absolute atomic E-state index is 0.151. The molecule has 2 fully saturated rings. The molecule has 0 aromatic carbocycles. The van der Waals surface area contributed by atoms with Crippen molar-refractivity contribution < 1.29 is 24.2 Å². The molecule has 1 atom stereocenters. The predicted octanol–water partition coefficient (Wildman–Crippen LogP) is 2.21. The Kier molecular flexibility index (Phi) is 3.54. The fourth-order valence-corrected chi connectivity index (χ4v) is 3.09. The number of ketones is 1. The highest BCUT2D eigenvalue weighted by atomic mass is 16.6. The maximum Gasteiger partial charge on any atom is 0.411 e. The largest absolute Gasteiger partial charge is 0.480 e. The second-order valence-electron chi connectivity index (χ2n) is 6.98. The van der Waals surface area contributed by atoms with Gasteiger partial charge in [-0.05, 0) is 46.5 Å². The number of nitrogens with zero attached hydrogens (tertiary/aromatic N) is 1. The smallest absolute Gasteiger partial charge is 0.411 e. The van der Waals surface area contributed by atoms with E-state index in [4.69, 9.17) is 4.74 Å². The van der Waals surface area contributed by atoms with E-state index < -0.39 is 28.6 Å². The Morgan fingerprint density at radius 2 is 1.86 bits per heavy atom. The van der Waals surface area contributed by atoms with E-state index in [0.717, 1.165) is 0 Å². The Morgan fingerprint density at radius 3 is 2.24 bits per heavy atom. The molecule has 6 heteroatoms. The van der Waals surface area contributed by atoms with Gasteiger partial charge in [0.2, 0.25) is 0 Å². The summed E-state index contributed by atoms with van der Waals surface area (Å²) in [5.74, 6) is -1.41. The molecule has 2 rings (SSSR count). The van der Waals surface area contributed by atoms with E-state index in [-0.39, 0.29) is 25.2 Å². The van der Waals surface area contributed by atoms with E-state index in [1.807, 2.05) is 0 Å². The van der Waals surface area contributed by atoms with Crippen LogP contribution in [0.2, 0.25) is 0 Å². The van der Waals surface area contributed by atoms with Gasteiger partial charge in [-0.25, -0.2) is 4.79 Å². The van der Waals surface area contributed by atoms with Gasteiger partial charge in [0.15, 0.2) is 5.78 Å². The van der Waals surface area contributed by atoms with Crippen molar-refractivity contribution >= 4 is 17.8 Å². The topological polar surface area (TPSA) is 83.9 Å². The molecule has 1 spiro atoms. The van der Waals surface area contributed by atoms with Crippen LogP contribution in [-0.2, 0) is 14.3 Å². The van der Waals surface area contributed by atoms with Gasteiger partial charge in [0, 0.05) is 6.54 Å². The van der Waals surface area contributed by atoms with Crippen molar-refractivity contribution in [2.24, 2.45) is 5.41 Å². The molecule has 6 nitrogen and oxygen atoms in total. The van der Waals surface area contributed by atoms with E-state index >= 15 is 0 Å². The van der Waals surface area contributed by atoms with Gasteiger partial charge in [0.25, 0.3) is 0 Å². The van der Waals surface area contributed by atoms with Gasteiger partial charge in [0.05, 0.1) is 0 Å². The van der Waals surface area contributed by atoms with E-state index in [0.29, 0.717) is 12.8 Å². The molecule has 1 saturated heterocycles. The first-order valence-corrected chi connectivity index (χ1v) is 7.38. The lowest BCUT2D eigenvalue weighted by Crippen LogP contribution is -2.61. The zero-order chi connectivity index (χ0) is 16.1. The number of carboxylic acids is 1. The minimum Gasteiger partial charge on any atom is -0.480 e. The summed E-state index contributed by atoms with van der Waals surface area (Å²) in [6.07, 6.45) is 0.938. The molecular weight excluding hydrogens is 274 g/mol. The first-order valence-electron chi connectivity index (χ1n) is 7.38. The highest BCUT2D eigenvalue weighted by molar-refractivity contribution is 6.11. The van der Waals surface area contributed by atoms with Gasteiger partial charge in [-0.3, -0.25) is 14.5 Å². The molecule has 1 unspecified atom stereocenters. The molecule has 0 radical (unpaired) electrons. The van der Waals surface area contributed by atoms with Gasteiger partial charge in [-0.1, -0.05) is 6.92 Å². The van der Waals surface area contributed by atoms with Gasteiger partial charge in [-0.2, -0.15) is 0 Å². The standard InChI is InChI=1S/C15H23NO5/c1-5-14(11(18)19)8-9-16(12(20)21-13(2,3)4)15(6-7-15)10(14)17/h5-9H2,1-4H3,(H,18,19). The molecule has 1 saturated carbocycles. The summed E-state index contributed by atoms with van der Waals surface area (Å²) >= 11 is 0. The molecule has 1 aliphatic carbocycles. The molecule has 1 amide bonds. The van der Waals surface area contributed by atoms with Crippen molar-refractivity contribution in [2.75, 3.05) is 6.54 Å². The monoisotopic (exact) mass is 297 g/mol. The van der Waals surface area contributed by atoms with E-state index in [1.54, 1.807) is 27.7 Å². The number of hydrogen-bond acceptors (Lipinski definition) is 4. The SMILES string of the molecule is CCC1(C(=O)O)CCN(C(=O)OC(C)(C)C)C2(CC2)C1=O. The van der Waals surface area contributed by atoms with Crippen molar-refractivity contribution in [1.29, 1.82) is 0 Å². The summed E-state index contributed by atoms with van der Waals surface area (Å²) in [5, 5.41) is 9.47. The lowest BCUT2D eigenvalue weighted by atomic mass is 9.71. The van der Waals surface area contributed by atoms with Crippen molar-refractivity contribution in [2.45, 2.75) is 64.5 Å². The van der Waals surface area contributed by atoms with Crippen LogP contribution in [0.4, 0.5) is 4.79 Å². The number of aliphatic carboxylic acids is 1. The van der Waals surface area contributed by atoms with Crippen molar-refractivity contribution in [3.05, 3.63) is 0 Å². The van der Waals surface area contributed by atoms with Gasteiger partial charge >= 0.3 is 12.1 Å². The number of likely N-dealkylation sites (tertiary alicyclic amines) is 1. The number of amides is 1. The summed E-state index contributed by atoms with van der Waals surface area (Å²) in [6, 6.07) is 0. The van der Waals surface area contributed by atoms with Crippen LogP contribution in [0.25, 0.3) is 0 Å². The van der Waals surface area contributed by atoms with E-state index in [1.165, 1.54) is 4.90 Å². The Hall–Kier alpha value is -1.59. The van der Waals surface area contributed by atoms with Crippen molar-refractivity contribution in [3.8, 4) is 0 Å².